The number of aromatic nitrogens is 1. The van der Waals surface area contributed by atoms with Crippen LogP contribution in [0.25, 0.3) is 0 Å². The summed E-state index contributed by atoms with van der Waals surface area (Å²) in [5, 5.41) is 11.8. The van der Waals surface area contributed by atoms with Crippen molar-refractivity contribution in [3.05, 3.63) is 29.8 Å². The average Bonchev–Trinajstić information content (AvgIpc) is 2.38. The summed E-state index contributed by atoms with van der Waals surface area (Å²) in [6, 6.07) is 3.97. The molecule has 1 aromatic heterocycles. The molecule has 1 fully saturated rings. The van der Waals surface area contributed by atoms with E-state index in [9.17, 15) is 14.0 Å². The highest BCUT2D eigenvalue weighted by Crippen LogP contribution is 2.31. The Balaban J connectivity index is 2.15. The minimum atomic E-state index is -0.945. The van der Waals surface area contributed by atoms with E-state index < -0.39 is 23.4 Å². The summed E-state index contributed by atoms with van der Waals surface area (Å²) in [6.07, 6.45) is 3.93. The van der Waals surface area contributed by atoms with Crippen molar-refractivity contribution in [2.75, 3.05) is 0 Å². The van der Waals surface area contributed by atoms with Crippen LogP contribution in [0.4, 0.5) is 4.39 Å². The van der Waals surface area contributed by atoms with Gasteiger partial charge >= 0.3 is 5.97 Å². The quantitative estimate of drug-likeness (QED) is 0.828. The Kier molecular flexibility index (Phi) is 4.32. The van der Waals surface area contributed by atoms with E-state index in [1.165, 1.54) is 12.1 Å². The molecule has 0 radical (unpaired) electrons. The molecule has 0 saturated heterocycles. The third kappa shape index (κ3) is 3.53. The molecule has 0 unspecified atom stereocenters. The topological polar surface area (TPSA) is 79.3 Å². The summed E-state index contributed by atoms with van der Waals surface area (Å²) in [6.45, 7) is 0. The first-order valence-corrected chi connectivity index (χ1v) is 6.68. The monoisotopic (exact) mass is 280 g/mol. The van der Waals surface area contributed by atoms with Crippen molar-refractivity contribution >= 4 is 11.9 Å². The van der Waals surface area contributed by atoms with Crippen LogP contribution in [0.1, 0.15) is 49.0 Å². The molecule has 1 amide bonds. The third-order valence-corrected chi connectivity index (χ3v) is 3.63. The van der Waals surface area contributed by atoms with E-state index in [1.54, 1.807) is 0 Å². The van der Waals surface area contributed by atoms with Gasteiger partial charge in [0.05, 0.1) is 12.0 Å². The molecule has 5 nitrogen and oxygen atoms in total. The van der Waals surface area contributed by atoms with Crippen molar-refractivity contribution in [1.82, 2.24) is 10.3 Å². The van der Waals surface area contributed by atoms with Gasteiger partial charge in [-0.25, -0.2) is 4.98 Å². The van der Waals surface area contributed by atoms with Crippen molar-refractivity contribution in [2.24, 2.45) is 0 Å². The number of pyridine rings is 1. The van der Waals surface area contributed by atoms with Crippen LogP contribution in [0.3, 0.4) is 0 Å². The van der Waals surface area contributed by atoms with E-state index in [-0.39, 0.29) is 12.1 Å². The summed E-state index contributed by atoms with van der Waals surface area (Å²) >= 11 is 0. The van der Waals surface area contributed by atoms with Crippen molar-refractivity contribution in [3.8, 4) is 0 Å². The fraction of sp³-hybridized carbons (Fsp3) is 0.500. The molecule has 20 heavy (non-hydrogen) atoms. The first-order valence-electron chi connectivity index (χ1n) is 6.68. The predicted octanol–water partition coefficient (Wildman–Crippen LogP) is 2.13. The lowest BCUT2D eigenvalue weighted by molar-refractivity contribution is -0.139. The third-order valence-electron chi connectivity index (χ3n) is 3.63. The Labute approximate surface area is 116 Å². The molecule has 108 valence electrons. The fourth-order valence-corrected chi connectivity index (χ4v) is 2.70. The van der Waals surface area contributed by atoms with Gasteiger partial charge in [-0.1, -0.05) is 25.3 Å². The van der Waals surface area contributed by atoms with E-state index in [0.29, 0.717) is 12.8 Å². The van der Waals surface area contributed by atoms with Crippen LogP contribution in [0.5, 0.6) is 0 Å². The number of carbonyl (C=O) groups excluding carboxylic acids is 1. The van der Waals surface area contributed by atoms with Crippen molar-refractivity contribution in [2.45, 2.75) is 44.1 Å². The number of halogens is 1. The van der Waals surface area contributed by atoms with E-state index in [0.717, 1.165) is 25.3 Å². The van der Waals surface area contributed by atoms with Gasteiger partial charge in [-0.05, 0) is 25.0 Å². The maximum absolute atomic E-state index is 13.0. The molecule has 1 aromatic rings. The number of nitrogens with zero attached hydrogens (tertiary/aromatic N) is 1. The predicted molar refractivity (Wildman–Crippen MR) is 69.7 cm³/mol. The molecule has 1 saturated carbocycles. The molecular weight excluding hydrogens is 263 g/mol. The lowest BCUT2D eigenvalue weighted by Crippen LogP contribution is -2.51. The molecule has 0 aromatic carbocycles. The van der Waals surface area contributed by atoms with Crippen LogP contribution >= 0.6 is 0 Å². The first kappa shape index (κ1) is 14.4. The number of nitrogens with one attached hydrogen (secondary N) is 1. The minimum absolute atomic E-state index is 0.0275. The van der Waals surface area contributed by atoms with E-state index in [1.807, 2.05) is 0 Å². The van der Waals surface area contributed by atoms with E-state index >= 15 is 0 Å². The maximum atomic E-state index is 13.0. The van der Waals surface area contributed by atoms with Gasteiger partial charge in [-0.15, -0.1) is 0 Å². The molecule has 0 atom stereocenters. The molecule has 1 aliphatic rings. The number of carboxylic acid groups (broad SMARTS) is 1. The second kappa shape index (κ2) is 5.98. The number of carbonyl (C=O) groups is 2. The van der Waals surface area contributed by atoms with Crippen LogP contribution < -0.4 is 5.32 Å². The summed E-state index contributed by atoms with van der Waals surface area (Å²) < 4.78 is 13.0. The van der Waals surface area contributed by atoms with Crippen LogP contribution in [-0.2, 0) is 4.79 Å². The Bertz CT molecular complexity index is 513. The molecule has 0 aliphatic heterocycles. The largest absolute Gasteiger partial charge is 0.481 e. The zero-order valence-electron chi connectivity index (χ0n) is 11.1. The summed E-state index contributed by atoms with van der Waals surface area (Å²) in [7, 11) is 0. The molecule has 1 aliphatic carbocycles. The van der Waals surface area contributed by atoms with Crippen LogP contribution in [0.2, 0.25) is 0 Å². The SMILES string of the molecule is O=C(O)CC1(NC(=O)c2cccc(F)n2)CCCCC1. The number of amides is 1. The zero-order chi connectivity index (χ0) is 14.6. The Hall–Kier alpha value is -1.98. The molecule has 2 N–H and O–H groups in total. The maximum Gasteiger partial charge on any atom is 0.305 e. The number of aliphatic carboxylic acids is 1. The van der Waals surface area contributed by atoms with Gasteiger partial charge in [0.15, 0.2) is 0 Å². The van der Waals surface area contributed by atoms with Gasteiger partial charge in [-0.2, -0.15) is 4.39 Å². The second-order valence-electron chi connectivity index (χ2n) is 5.21. The van der Waals surface area contributed by atoms with Crippen molar-refractivity contribution in [1.29, 1.82) is 0 Å². The van der Waals surface area contributed by atoms with E-state index in [2.05, 4.69) is 10.3 Å². The lowest BCUT2D eigenvalue weighted by Gasteiger charge is -2.36. The summed E-state index contributed by atoms with van der Waals surface area (Å²) in [4.78, 5) is 26.7. The van der Waals surface area contributed by atoms with Gasteiger partial charge in [-0.3, -0.25) is 9.59 Å². The molecule has 6 heteroatoms. The zero-order valence-corrected chi connectivity index (χ0v) is 11.1. The number of rotatable bonds is 4. The highest BCUT2D eigenvalue weighted by atomic mass is 19.1. The van der Waals surface area contributed by atoms with E-state index in [4.69, 9.17) is 5.11 Å². The summed E-state index contributed by atoms with van der Waals surface area (Å²) in [5.41, 5.74) is -0.768. The number of hydrogen-bond donors (Lipinski definition) is 2. The normalized spacial score (nSPS) is 17.4. The summed E-state index contributed by atoms with van der Waals surface area (Å²) in [5.74, 6) is -2.19. The second-order valence-corrected chi connectivity index (χ2v) is 5.21. The minimum Gasteiger partial charge on any atom is -0.481 e. The number of hydrogen-bond acceptors (Lipinski definition) is 3. The van der Waals surface area contributed by atoms with Gasteiger partial charge in [0.2, 0.25) is 5.95 Å². The van der Waals surface area contributed by atoms with Crippen LogP contribution in [0.15, 0.2) is 18.2 Å². The Morgan fingerprint density at radius 2 is 2.00 bits per heavy atom. The Morgan fingerprint density at radius 3 is 2.60 bits per heavy atom. The molecule has 0 bridgehead atoms. The van der Waals surface area contributed by atoms with Crippen molar-refractivity contribution in [3.63, 3.8) is 0 Å². The van der Waals surface area contributed by atoms with Crippen LogP contribution in [0, 0.1) is 5.95 Å². The number of carboxylic acids is 1. The fourth-order valence-electron chi connectivity index (χ4n) is 2.70. The molecular formula is C14H17FN2O3. The van der Waals surface area contributed by atoms with Gasteiger partial charge in [0, 0.05) is 0 Å². The van der Waals surface area contributed by atoms with Gasteiger partial charge in [0.25, 0.3) is 5.91 Å². The molecule has 1 heterocycles. The average molecular weight is 280 g/mol. The Morgan fingerprint density at radius 1 is 1.30 bits per heavy atom. The van der Waals surface area contributed by atoms with Crippen LogP contribution in [-0.4, -0.2) is 27.5 Å². The highest BCUT2D eigenvalue weighted by molar-refractivity contribution is 5.93. The van der Waals surface area contributed by atoms with Crippen molar-refractivity contribution < 1.29 is 19.1 Å². The standard InChI is InChI=1S/C14H17FN2O3/c15-11-6-4-5-10(16-11)13(20)17-14(9-12(18)19)7-2-1-3-8-14/h4-6H,1-3,7-9H2,(H,17,20)(H,18,19). The smallest absolute Gasteiger partial charge is 0.305 e. The highest BCUT2D eigenvalue weighted by Gasteiger charge is 2.36. The lowest BCUT2D eigenvalue weighted by atomic mass is 9.79. The van der Waals surface area contributed by atoms with Gasteiger partial charge in [0.1, 0.15) is 5.69 Å². The first-order chi connectivity index (χ1) is 9.51. The molecule has 2 rings (SSSR count). The van der Waals surface area contributed by atoms with Gasteiger partial charge < -0.3 is 10.4 Å². The molecule has 0 spiro atoms.